The van der Waals surface area contributed by atoms with E-state index in [9.17, 15) is 0 Å². The number of nitrogens with one attached hydrogen (secondary N) is 3. The largest absolute Gasteiger partial charge is 0.494 e. The first-order chi connectivity index (χ1) is 13.1. The molecule has 0 saturated heterocycles. The van der Waals surface area contributed by atoms with Crippen molar-refractivity contribution in [2.45, 2.75) is 6.92 Å². The maximum atomic E-state index is 5.73. The minimum absolute atomic E-state index is 0.355. The predicted octanol–water partition coefficient (Wildman–Crippen LogP) is 5.08. The second-order valence-electron chi connectivity index (χ2n) is 5.48. The number of halogens is 1. The number of aromatic nitrogens is 2. The molecule has 8 heteroatoms. The lowest BCUT2D eigenvalue weighted by atomic mass is 10.2. The van der Waals surface area contributed by atoms with Crippen molar-refractivity contribution in [3.8, 4) is 5.75 Å². The lowest BCUT2D eigenvalue weighted by Gasteiger charge is -2.12. The van der Waals surface area contributed by atoms with Crippen molar-refractivity contribution in [1.82, 2.24) is 10.2 Å². The van der Waals surface area contributed by atoms with Gasteiger partial charge in [-0.25, -0.2) is 0 Å². The van der Waals surface area contributed by atoms with Crippen LogP contribution in [0.2, 0.25) is 5.15 Å². The molecule has 0 fully saturated rings. The fourth-order valence-electron chi connectivity index (χ4n) is 2.26. The Morgan fingerprint density at radius 3 is 2.04 bits per heavy atom. The topological polar surface area (TPSA) is 71.1 Å². The molecule has 0 aliphatic rings. The molecule has 3 N–H and O–H groups in total. The van der Waals surface area contributed by atoms with E-state index in [0.29, 0.717) is 22.7 Å². The average molecular weight is 400 g/mol. The third-order valence-electron chi connectivity index (χ3n) is 3.47. The van der Waals surface area contributed by atoms with Gasteiger partial charge in [-0.2, -0.15) is 0 Å². The number of benzene rings is 2. The van der Waals surface area contributed by atoms with E-state index in [0.717, 1.165) is 22.8 Å². The molecule has 6 nitrogen and oxygen atoms in total. The molecule has 138 valence electrons. The SMILES string of the molecule is CCOc1ccc(NC(=S)Nc2ccc(Nc3ccc(Cl)nn3)cc2)cc1. The fourth-order valence-corrected chi connectivity index (χ4v) is 2.60. The molecule has 0 unspecified atom stereocenters. The van der Waals surface area contributed by atoms with Crippen molar-refractivity contribution >= 4 is 51.8 Å². The van der Waals surface area contributed by atoms with Crippen molar-refractivity contribution in [3.05, 3.63) is 65.8 Å². The number of anilines is 4. The van der Waals surface area contributed by atoms with Crippen molar-refractivity contribution < 1.29 is 4.74 Å². The van der Waals surface area contributed by atoms with E-state index in [1.807, 2.05) is 55.5 Å². The Bertz CT molecular complexity index is 885. The zero-order valence-electron chi connectivity index (χ0n) is 14.6. The van der Waals surface area contributed by atoms with Gasteiger partial charge in [0.2, 0.25) is 0 Å². The lowest BCUT2D eigenvalue weighted by molar-refractivity contribution is 0.340. The molecule has 3 aromatic rings. The molecule has 0 saturated carbocycles. The minimum atomic E-state index is 0.355. The Balaban J connectivity index is 1.54. The normalized spacial score (nSPS) is 10.1. The van der Waals surface area contributed by atoms with Gasteiger partial charge >= 0.3 is 0 Å². The standard InChI is InChI=1S/C19H18ClN5OS/c1-2-26-16-9-7-15(8-10-16)23-19(27)22-14-5-3-13(4-6-14)21-18-12-11-17(20)24-25-18/h3-12H,2H2,1H3,(H,21,25)(H2,22,23,27). The molecule has 3 rings (SSSR count). The van der Waals surface area contributed by atoms with Crippen molar-refractivity contribution in [2.24, 2.45) is 0 Å². The molecule has 0 aliphatic carbocycles. The predicted molar refractivity (Wildman–Crippen MR) is 114 cm³/mol. The van der Waals surface area contributed by atoms with E-state index in [-0.39, 0.29) is 0 Å². The molecule has 0 spiro atoms. The number of hydrogen-bond donors (Lipinski definition) is 3. The summed E-state index contributed by atoms with van der Waals surface area (Å²) in [6.07, 6.45) is 0. The molecule has 0 atom stereocenters. The van der Waals surface area contributed by atoms with Crippen molar-refractivity contribution in [1.29, 1.82) is 0 Å². The number of hydrogen-bond acceptors (Lipinski definition) is 5. The summed E-state index contributed by atoms with van der Waals surface area (Å²) >= 11 is 11.1. The summed E-state index contributed by atoms with van der Waals surface area (Å²) < 4.78 is 5.42. The van der Waals surface area contributed by atoms with Gasteiger partial charge in [0, 0.05) is 17.1 Å². The third-order valence-corrected chi connectivity index (χ3v) is 3.88. The Hall–Kier alpha value is -2.90. The van der Waals surface area contributed by atoms with Crippen LogP contribution in [0.5, 0.6) is 5.75 Å². The number of thiocarbonyl (C=S) groups is 1. The summed E-state index contributed by atoms with van der Waals surface area (Å²) in [5.41, 5.74) is 2.63. The van der Waals surface area contributed by atoms with Crippen LogP contribution >= 0.6 is 23.8 Å². The van der Waals surface area contributed by atoms with Gasteiger partial charge in [0.15, 0.2) is 16.1 Å². The van der Waals surface area contributed by atoms with E-state index in [2.05, 4.69) is 26.1 Å². The van der Waals surface area contributed by atoms with E-state index in [1.165, 1.54) is 0 Å². The van der Waals surface area contributed by atoms with E-state index >= 15 is 0 Å². The number of rotatable bonds is 6. The summed E-state index contributed by atoms with van der Waals surface area (Å²) in [5, 5.41) is 18.0. The van der Waals surface area contributed by atoms with Gasteiger partial charge in [0.05, 0.1) is 6.61 Å². The van der Waals surface area contributed by atoms with Gasteiger partial charge in [-0.3, -0.25) is 0 Å². The van der Waals surface area contributed by atoms with Crippen LogP contribution in [-0.4, -0.2) is 21.9 Å². The minimum Gasteiger partial charge on any atom is -0.494 e. The van der Waals surface area contributed by atoms with Gasteiger partial charge in [0.1, 0.15) is 5.75 Å². The summed E-state index contributed by atoms with van der Waals surface area (Å²) in [7, 11) is 0. The van der Waals surface area contributed by atoms with Gasteiger partial charge in [-0.1, -0.05) is 11.6 Å². The molecule has 1 aromatic heterocycles. The molecule has 0 aliphatic heterocycles. The molecule has 0 bridgehead atoms. The highest BCUT2D eigenvalue weighted by molar-refractivity contribution is 7.80. The molecule has 27 heavy (non-hydrogen) atoms. The summed E-state index contributed by atoms with van der Waals surface area (Å²) in [4.78, 5) is 0. The van der Waals surface area contributed by atoms with Crippen LogP contribution < -0.4 is 20.7 Å². The van der Waals surface area contributed by atoms with Crippen molar-refractivity contribution in [2.75, 3.05) is 22.6 Å². The van der Waals surface area contributed by atoms with Crippen LogP contribution in [0.3, 0.4) is 0 Å². The van der Waals surface area contributed by atoms with Crippen LogP contribution in [0, 0.1) is 0 Å². The molecule has 1 heterocycles. The van der Waals surface area contributed by atoms with E-state index < -0.39 is 0 Å². The van der Waals surface area contributed by atoms with Crippen LogP contribution in [0.4, 0.5) is 22.9 Å². The fraction of sp³-hybridized carbons (Fsp3) is 0.105. The summed E-state index contributed by atoms with van der Waals surface area (Å²) in [6, 6.07) is 18.7. The first-order valence-electron chi connectivity index (χ1n) is 8.29. The number of nitrogens with zero attached hydrogens (tertiary/aromatic N) is 2. The number of ether oxygens (including phenoxy) is 1. The summed E-state index contributed by atoms with van der Waals surface area (Å²) in [5.74, 6) is 1.45. The highest BCUT2D eigenvalue weighted by Crippen LogP contribution is 2.19. The Morgan fingerprint density at radius 1 is 0.889 bits per heavy atom. The Morgan fingerprint density at radius 2 is 1.48 bits per heavy atom. The average Bonchev–Trinajstić information content (AvgIpc) is 2.67. The van der Waals surface area contributed by atoms with Crippen LogP contribution in [0.15, 0.2) is 60.7 Å². The molecule has 0 amide bonds. The maximum Gasteiger partial charge on any atom is 0.175 e. The Kier molecular flexibility index (Phi) is 6.40. The van der Waals surface area contributed by atoms with E-state index in [4.69, 9.17) is 28.6 Å². The van der Waals surface area contributed by atoms with Gasteiger partial charge in [-0.15, -0.1) is 10.2 Å². The highest BCUT2D eigenvalue weighted by atomic mass is 35.5. The van der Waals surface area contributed by atoms with Crippen LogP contribution in [0.25, 0.3) is 0 Å². The van der Waals surface area contributed by atoms with Gasteiger partial charge in [-0.05, 0) is 79.8 Å². The van der Waals surface area contributed by atoms with E-state index in [1.54, 1.807) is 12.1 Å². The van der Waals surface area contributed by atoms with Crippen LogP contribution in [-0.2, 0) is 0 Å². The Labute approximate surface area is 167 Å². The second-order valence-corrected chi connectivity index (χ2v) is 6.28. The molecular weight excluding hydrogens is 382 g/mol. The quantitative estimate of drug-likeness (QED) is 0.499. The summed E-state index contributed by atoms with van der Waals surface area (Å²) in [6.45, 7) is 2.59. The maximum absolute atomic E-state index is 5.73. The van der Waals surface area contributed by atoms with Crippen molar-refractivity contribution in [3.63, 3.8) is 0 Å². The van der Waals surface area contributed by atoms with Gasteiger partial charge < -0.3 is 20.7 Å². The lowest BCUT2D eigenvalue weighted by Crippen LogP contribution is -2.18. The monoisotopic (exact) mass is 399 g/mol. The molecular formula is C19H18ClN5OS. The third kappa shape index (κ3) is 5.80. The highest BCUT2D eigenvalue weighted by Gasteiger charge is 2.02. The second kappa shape index (κ2) is 9.16. The zero-order chi connectivity index (χ0) is 19.1. The first-order valence-corrected chi connectivity index (χ1v) is 9.08. The first kappa shape index (κ1) is 18.9. The van der Waals surface area contributed by atoms with Gasteiger partial charge in [0.25, 0.3) is 0 Å². The molecule has 2 aromatic carbocycles. The molecule has 0 radical (unpaired) electrons. The zero-order valence-corrected chi connectivity index (χ0v) is 16.1. The van der Waals surface area contributed by atoms with Crippen LogP contribution in [0.1, 0.15) is 6.92 Å². The smallest absolute Gasteiger partial charge is 0.175 e.